The maximum Gasteiger partial charge on any atom is 0.149 e. The molecule has 0 aliphatic carbocycles. The van der Waals surface area contributed by atoms with Gasteiger partial charge in [-0.1, -0.05) is 6.07 Å². The summed E-state index contributed by atoms with van der Waals surface area (Å²) in [6, 6.07) is 2.35. The van der Waals surface area contributed by atoms with Crippen molar-refractivity contribution in [2.24, 2.45) is 5.73 Å². The Bertz CT molecular complexity index is 474. The Hall–Kier alpha value is -0.940. The Morgan fingerprint density at radius 2 is 1.94 bits per heavy atom. The molecule has 0 bridgehead atoms. The van der Waals surface area contributed by atoms with Gasteiger partial charge < -0.3 is 5.73 Å². The van der Waals surface area contributed by atoms with Gasteiger partial charge in [-0.15, -0.1) is 0 Å². The lowest BCUT2D eigenvalue weighted by Crippen LogP contribution is -2.23. The highest BCUT2D eigenvalue weighted by Gasteiger charge is 2.18. The van der Waals surface area contributed by atoms with Crippen molar-refractivity contribution in [2.45, 2.75) is 19.9 Å². The highest BCUT2D eigenvalue weighted by molar-refractivity contribution is 7.90. The van der Waals surface area contributed by atoms with Crippen molar-refractivity contribution in [1.29, 1.82) is 0 Å². The molecule has 3 nitrogen and oxygen atoms in total. The van der Waals surface area contributed by atoms with E-state index in [0.29, 0.717) is 5.56 Å². The van der Waals surface area contributed by atoms with Crippen molar-refractivity contribution in [1.82, 2.24) is 0 Å². The summed E-state index contributed by atoms with van der Waals surface area (Å²) < 4.78 is 35.9. The average Bonchev–Trinajstić information content (AvgIpc) is 1.96. The number of rotatable bonds is 3. The molecule has 0 radical (unpaired) electrons. The molecule has 90 valence electrons. The molecule has 1 atom stereocenters. The van der Waals surface area contributed by atoms with Crippen molar-refractivity contribution in [2.75, 3.05) is 12.0 Å². The van der Waals surface area contributed by atoms with Crippen molar-refractivity contribution >= 4 is 9.84 Å². The van der Waals surface area contributed by atoms with Crippen LogP contribution in [0.3, 0.4) is 0 Å². The molecule has 1 aromatic rings. The molecule has 1 unspecified atom stereocenters. The number of nitrogens with two attached hydrogens (primary N) is 1. The fourth-order valence-electron chi connectivity index (χ4n) is 1.81. The van der Waals surface area contributed by atoms with Gasteiger partial charge in [0.2, 0.25) is 0 Å². The lowest BCUT2D eigenvalue weighted by atomic mass is 10.00. The molecule has 16 heavy (non-hydrogen) atoms. The first-order chi connectivity index (χ1) is 7.20. The number of sulfone groups is 1. The van der Waals surface area contributed by atoms with E-state index in [1.165, 1.54) is 6.07 Å². The molecule has 1 aromatic carbocycles. The van der Waals surface area contributed by atoms with E-state index in [2.05, 4.69) is 0 Å². The van der Waals surface area contributed by atoms with E-state index in [1.807, 2.05) is 0 Å². The van der Waals surface area contributed by atoms with Crippen LogP contribution in [0.15, 0.2) is 12.1 Å². The maximum atomic E-state index is 13.7. The van der Waals surface area contributed by atoms with Gasteiger partial charge in [0.25, 0.3) is 0 Å². The van der Waals surface area contributed by atoms with E-state index in [9.17, 15) is 12.8 Å². The molecule has 0 amide bonds. The summed E-state index contributed by atoms with van der Waals surface area (Å²) in [6.45, 7) is 3.51. The van der Waals surface area contributed by atoms with Crippen LogP contribution in [0.1, 0.15) is 22.7 Å². The Kier molecular flexibility index (Phi) is 3.70. The van der Waals surface area contributed by atoms with E-state index >= 15 is 0 Å². The molecule has 2 N–H and O–H groups in total. The van der Waals surface area contributed by atoms with Crippen molar-refractivity contribution in [3.63, 3.8) is 0 Å². The third-order valence-corrected chi connectivity index (χ3v) is 3.30. The third-order valence-electron chi connectivity index (χ3n) is 2.33. The monoisotopic (exact) mass is 245 g/mol. The molecular formula is C11H16FNO2S. The molecule has 1 rings (SSSR count). The minimum atomic E-state index is -3.21. The summed E-state index contributed by atoms with van der Waals surface area (Å²) in [7, 11) is -3.21. The van der Waals surface area contributed by atoms with Crippen molar-refractivity contribution in [3.05, 3.63) is 34.6 Å². The quantitative estimate of drug-likeness (QED) is 0.877. The Morgan fingerprint density at radius 1 is 1.38 bits per heavy atom. The fraction of sp³-hybridized carbons (Fsp3) is 0.455. The number of halogens is 1. The van der Waals surface area contributed by atoms with Crippen LogP contribution in [0.2, 0.25) is 0 Å². The van der Waals surface area contributed by atoms with Crippen molar-refractivity contribution < 1.29 is 12.8 Å². The van der Waals surface area contributed by atoms with Crippen LogP contribution in [0.25, 0.3) is 0 Å². The van der Waals surface area contributed by atoms with Crippen LogP contribution in [0.5, 0.6) is 0 Å². The third kappa shape index (κ3) is 3.28. The zero-order valence-electron chi connectivity index (χ0n) is 9.62. The van der Waals surface area contributed by atoms with E-state index in [4.69, 9.17) is 5.73 Å². The minimum Gasteiger partial charge on any atom is -0.323 e. The topological polar surface area (TPSA) is 60.2 Å². The van der Waals surface area contributed by atoms with Gasteiger partial charge in [-0.25, -0.2) is 12.8 Å². The first-order valence-electron chi connectivity index (χ1n) is 4.90. The summed E-state index contributed by atoms with van der Waals surface area (Å²) in [6.07, 6.45) is 1.09. The van der Waals surface area contributed by atoms with Crippen molar-refractivity contribution in [3.8, 4) is 0 Å². The van der Waals surface area contributed by atoms with Gasteiger partial charge in [-0.05, 0) is 31.0 Å². The highest BCUT2D eigenvalue weighted by atomic mass is 32.2. The largest absolute Gasteiger partial charge is 0.323 e. The Balaban J connectivity index is 3.14. The minimum absolute atomic E-state index is 0.242. The summed E-state index contributed by atoms with van der Waals surface area (Å²) in [5.41, 5.74) is 7.49. The molecule has 0 fully saturated rings. The molecule has 0 aliphatic rings. The summed E-state index contributed by atoms with van der Waals surface area (Å²) in [4.78, 5) is 0. The average molecular weight is 245 g/mol. The summed E-state index contributed by atoms with van der Waals surface area (Å²) in [5.74, 6) is -0.679. The molecule has 5 heteroatoms. The maximum absolute atomic E-state index is 13.7. The highest BCUT2D eigenvalue weighted by Crippen LogP contribution is 2.22. The van der Waals surface area contributed by atoms with Gasteiger partial charge in [0, 0.05) is 17.9 Å². The standard InChI is InChI=1S/C11H16FNO2S/c1-7-4-8(2)11(9(12)5-7)10(13)6-16(3,14)15/h4-5,10H,6,13H2,1-3H3. The number of aryl methyl sites for hydroxylation is 2. The van der Waals surface area contributed by atoms with Gasteiger partial charge in [-0.2, -0.15) is 0 Å². The predicted molar refractivity (Wildman–Crippen MR) is 62.5 cm³/mol. The second kappa shape index (κ2) is 4.51. The first-order valence-corrected chi connectivity index (χ1v) is 6.96. The molecule has 0 heterocycles. The lowest BCUT2D eigenvalue weighted by Gasteiger charge is -2.15. The van der Waals surface area contributed by atoms with Gasteiger partial charge >= 0.3 is 0 Å². The molecule has 0 spiro atoms. The molecule has 0 saturated carbocycles. The second-order valence-corrected chi connectivity index (χ2v) is 6.36. The van der Waals surface area contributed by atoms with Crippen LogP contribution in [0, 0.1) is 19.7 Å². The van der Waals surface area contributed by atoms with Crippen LogP contribution in [-0.4, -0.2) is 20.4 Å². The summed E-state index contributed by atoms with van der Waals surface area (Å²) in [5, 5.41) is 0. The second-order valence-electron chi connectivity index (χ2n) is 4.18. The van der Waals surface area contributed by atoms with E-state index in [1.54, 1.807) is 19.9 Å². The zero-order valence-corrected chi connectivity index (χ0v) is 10.4. The number of hydrogen-bond donors (Lipinski definition) is 1. The smallest absolute Gasteiger partial charge is 0.149 e. The number of benzene rings is 1. The molecule has 0 aliphatic heterocycles. The lowest BCUT2D eigenvalue weighted by molar-refractivity contribution is 0.576. The SMILES string of the molecule is Cc1cc(C)c(C(N)CS(C)(=O)=O)c(F)c1. The predicted octanol–water partition coefficient (Wildman–Crippen LogP) is 1.49. The molecule has 0 aromatic heterocycles. The van der Waals surface area contributed by atoms with Crippen LogP contribution in [-0.2, 0) is 9.84 Å². The normalized spacial score (nSPS) is 13.8. The Morgan fingerprint density at radius 3 is 2.38 bits per heavy atom. The fourth-order valence-corrected chi connectivity index (χ4v) is 2.62. The Labute approximate surface area is 95.4 Å². The van der Waals surface area contributed by atoms with Crippen LogP contribution >= 0.6 is 0 Å². The molecule has 0 saturated heterocycles. The van der Waals surface area contributed by atoms with Crippen LogP contribution in [0.4, 0.5) is 4.39 Å². The van der Waals surface area contributed by atoms with Gasteiger partial charge in [0.05, 0.1) is 5.75 Å². The van der Waals surface area contributed by atoms with Gasteiger partial charge in [0.15, 0.2) is 0 Å². The summed E-state index contributed by atoms with van der Waals surface area (Å²) >= 11 is 0. The zero-order chi connectivity index (χ0) is 12.5. The van der Waals surface area contributed by atoms with Gasteiger partial charge in [-0.3, -0.25) is 0 Å². The number of hydrogen-bond acceptors (Lipinski definition) is 3. The van der Waals surface area contributed by atoms with E-state index in [0.717, 1.165) is 11.8 Å². The van der Waals surface area contributed by atoms with Crippen LogP contribution < -0.4 is 5.73 Å². The van der Waals surface area contributed by atoms with E-state index < -0.39 is 21.7 Å². The molecular weight excluding hydrogens is 229 g/mol. The first kappa shape index (κ1) is 13.1. The van der Waals surface area contributed by atoms with Gasteiger partial charge in [0.1, 0.15) is 15.7 Å². The van der Waals surface area contributed by atoms with E-state index in [-0.39, 0.29) is 11.3 Å².